The van der Waals surface area contributed by atoms with Crippen LogP contribution in [0, 0.1) is 5.92 Å². The van der Waals surface area contributed by atoms with E-state index in [-0.39, 0.29) is 36.3 Å². The van der Waals surface area contributed by atoms with Gasteiger partial charge in [-0.3, -0.25) is 4.79 Å². The molecule has 5 heteroatoms. The summed E-state index contributed by atoms with van der Waals surface area (Å²) in [5, 5.41) is 3.10. The smallest absolute Gasteiger partial charge is 0.223 e. The van der Waals surface area contributed by atoms with Gasteiger partial charge in [-0.2, -0.15) is 0 Å². The maximum Gasteiger partial charge on any atom is 0.223 e. The molecule has 1 rings (SSSR count). The highest BCUT2D eigenvalue weighted by Gasteiger charge is 2.28. The molecule has 1 saturated carbocycles. The van der Waals surface area contributed by atoms with Crippen molar-refractivity contribution < 1.29 is 9.53 Å². The summed E-state index contributed by atoms with van der Waals surface area (Å²) >= 11 is 0. The predicted molar refractivity (Wildman–Crippen MR) is 75.9 cm³/mol. The minimum Gasteiger partial charge on any atom is -0.383 e. The van der Waals surface area contributed by atoms with Gasteiger partial charge in [0, 0.05) is 19.1 Å². The zero-order chi connectivity index (χ0) is 12.7. The van der Waals surface area contributed by atoms with Gasteiger partial charge >= 0.3 is 0 Å². The van der Waals surface area contributed by atoms with Crippen LogP contribution in [0.4, 0.5) is 0 Å². The third-order valence-corrected chi connectivity index (χ3v) is 3.46. The summed E-state index contributed by atoms with van der Waals surface area (Å²) in [5.41, 5.74) is 5.83. The van der Waals surface area contributed by atoms with Crippen molar-refractivity contribution in [2.24, 2.45) is 11.7 Å². The first-order chi connectivity index (χ1) is 8.17. The van der Waals surface area contributed by atoms with Gasteiger partial charge in [-0.05, 0) is 25.7 Å². The van der Waals surface area contributed by atoms with E-state index in [1.807, 2.05) is 0 Å². The average molecular weight is 279 g/mol. The van der Waals surface area contributed by atoms with Crippen LogP contribution in [0.1, 0.15) is 45.4 Å². The number of carbonyl (C=O) groups excluding carboxylic acids is 1. The van der Waals surface area contributed by atoms with E-state index in [4.69, 9.17) is 10.5 Å². The molecule has 1 aliphatic carbocycles. The molecule has 1 aliphatic rings. The largest absolute Gasteiger partial charge is 0.383 e. The monoisotopic (exact) mass is 278 g/mol. The zero-order valence-electron chi connectivity index (χ0n) is 11.5. The fourth-order valence-electron chi connectivity index (χ4n) is 2.42. The van der Waals surface area contributed by atoms with Gasteiger partial charge in [0.1, 0.15) is 0 Å². The van der Waals surface area contributed by atoms with Crippen molar-refractivity contribution in [3.63, 3.8) is 0 Å². The van der Waals surface area contributed by atoms with Crippen LogP contribution >= 0.6 is 12.4 Å². The molecule has 0 heterocycles. The molecule has 0 bridgehead atoms. The lowest BCUT2D eigenvalue weighted by molar-refractivity contribution is -0.126. The van der Waals surface area contributed by atoms with Crippen molar-refractivity contribution >= 4 is 18.3 Å². The number of rotatable bonds is 7. The quantitative estimate of drug-likeness (QED) is 0.747. The molecular weight excluding hydrogens is 252 g/mol. The first kappa shape index (κ1) is 17.7. The van der Waals surface area contributed by atoms with Gasteiger partial charge in [0.15, 0.2) is 0 Å². The van der Waals surface area contributed by atoms with Crippen LogP contribution in [0.15, 0.2) is 0 Å². The standard InChI is InChI=1S/C13H26N2O2.ClH/c1-3-4-5-12(9-17-2)15-13(16)10-6-7-11(14)8-10;/h10-12H,3-9,14H2,1-2H3,(H,15,16);1H. The van der Waals surface area contributed by atoms with Crippen LogP contribution in [0.3, 0.4) is 0 Å². The maximum atomic E-state index is 12.0. The minimum absolute atomic E-state index is 0. The Hall–Kier alpha value is -0.320. The summed E-state index contributed by atoms with van der Waals surface area (Å²) in [5.74, 6) is 0.280. The summed E-state index contributed by atoms with van der Waals surface area (Å²) in [6, 6.07) is 0.367. The third kappa shape index (κ3) is 6.03. The van der Waals surface area contributed by atoms with Gasteiger partial charge in [0.05, 0.1) is 12.6 Å². The van der Waals surface area contributed by atoms with Gasteiger partial charge in [0.2, 0.25) is 5.91 Å². The molecule has 1 fully saturated rings. The highest BCUT2D eigenvalue weighted by Crippen LogP contribution is 2.24. The van der Waals surface area contributed by atoms with E-state index in [9.17, 15) is 4.79 Å². The Kier molecular flexibility index (Phi) is 9.42. The summed E-state index contributed by atoms with van der Waals surface area (Å²) in [7, 11) is 1.68. The van der Waals surface area contributed by atoms with E-state index in [0.29, 0.717) is 6.61 Å². The summed E-state index contributed by atoms with van der Waals surface area (Å²) < 4.78 is 5.15. The second kappa shape index (κ2) is 9.59. The Morgan fingerprint density at radius 2 is 2.22 bits per heavy atom. The normalized spacial score (nSPS) is 24.4. The lowest BCUT2D eigenvalue weighted by atomic mass is 10.1. The molecule has 0 aromatic rings. The number of nitrogens with one attached hydrogen (secondary N) is 1. The molecule has 0 saturated heterocycles. The molecule has 0 aromatic heterocycles. The number of nitrogens with two attached hydrogens (primary N) is 1. The second-order valence-corrected chi connectivity index (χ2v) is 5.07. The molecule has 3 atom stereocenters. The van der Waals surface area contributed by atoms with Crippen LogP contribution in [-0.4, -0.2) is 31.7 Å². The molecule has 1 amide bonds. The Morgan fingerprint density at radius 3 is 2.72 bits per heavy atom. The number of amides is 1. The number of methoxy groups -OCH3 is 1. The Bertz CT molecular complexity index is 239. The summed E-state index contributed by atoms with van der Waals surface area (Å²) in [4.78, 5) is 12.0. The lowest BCUT2D eigenvalue weighted by Crippen LogP contribution is -2.41. The molecule has 0 aliphatic heterocycles. The van der Waals surface area contributed by atoms with Crippen molar-refractivity contribution in [1.29, 1.82) is 0 Å². The van der Waals surface area contributed by atoms with Gasteiger partial charge in [-0.1, -0.05) is 19.8 Å². The van der Waals surface area contributed by atoms with E-state index in [1.54, 1.807) is 7.11 Å². The first-order valence-corrected chi connectivity index (χ1v) is 6.72. The molecule has 0 spiro atoms. The van der Waals surface area contributed by atoms with Crippen molar-refractivity contribution in [2.75, 3.05) is 13.7 Å². The molecule has 3 unspecified atom stereocenters. The van der Waals surface area contributed by atoms with Crippen molar-refractivity contribution in [2.45, 2.75) is 57.5 Å². The zero-order valence-corrected chi connectivity index (χ0v) is 12.3. The molecule has 108 valence electrons. The summed E-state index contributed by atoms with van der Waals surface area (Å²) in [6.07, 6.45) is 6.00. The number of hydrogen-bond acceptors (Lipinski definition) is 3. The Morgan fingerprint density at radius 1 is 1.50 bits per heavy atom. The topological polar surface area (TPSA) is 64.3 Å². The predicted octanol–water partition coefficient (Wildman–Crippen LogP) is 1.86. The number of halogens is 1. The van der Waals surface area contributed by atoms with E-state index in [2.05, 4.69) is 12.2 Å². The number of ether oxygens (including phenoxy) is 1. The molecule has 3 N–H and O–H groups in total. The SMILES string of the molecule is CCCCC(COC)NC(=O)C1CCC(N)C1.Cl. The van der Waals surface area contributed by atoms with E-state index in [0.717, 1.165) is 38.5 Å². The number of carbonyl (C=O) groups is 1. The maximum absolute atomic E-state index is 12.0. The van der Waals surface area contributed by atoms with E-state index >= 15 is 0 Å². The first-order valence-electron chi connectivity index (χ1n) is 6.72. The van der Waals surface area contributed by atoms with Crippen LogP contribution < -0.4 is 11.1 Å². The highest BCUT2D eigenvalue weighted by molar-refractivity contribution is 5.85. The van der Waals surface area contributed by atoms with E-state index in [1.165, 1.54) is 0 Å². The van der Waals surface area contributed by atoms with Crippen LogP contribution in [-0.2, 0) is 9.53 Å². The van der Waals surface area contributed by atoms with E-state index < -0.39 is 0 Å². The van der Waals surface area contributed by atoms with Gasteiger partial charge in [-0.25, -0.2) is 0 Å². The fourth-order valence-corrected chi connectivity index (χ4v) is 2.42. The minimum atomic E-state index is 0. The Labute approximate surface area is 116 Å². The third-order valence-electron chi connectivity index (χ3n) is 3.46. The Balaban J connectivity index is 0.00000289. The molecular formula is C13H27ClN2O2. The lowest BCUT2D eigenvalue weighted by Gasteiger charge is -2.20. The number of unbranched alkanes of at least 4 members (excludes halogenated alkanes) is 1. The van der Waals surface area contributed by atoms with Gasteiger partial charge in [0.25, 0.3) is 0 Å². The molecule has 18 heavy (non-hydrogen) atoms. The van der Waals surface area contributed by atoms with Crippen molar-refractivity contribution in [1.82, 2.24) is 5.32 Å². The highest BCUT2D eigenvalue weighted by atomic mass is 35.5. The number of hydrogen-bond donors (Lipinski definition) is 2. The molecule has 0 aromatic carbocycles. The second-order valence-electron chi connectivity index (χ2n) is 5.07. The van der Waals surface area contributed by atoms with Crippen LogP contribution in [0.25, 0.3) is 0 Å². The molecule has 4 nitrogen and oxygen atoms in total. The summed E-state index contributed by atoms with van der Waals surface area (Å²) in [6.45, 7) is 2.76. The molecule has 0 radical (unpaired) electrons. The fraction of sp³-hybridized carbons (Fsp3) is 0.923. The van der Waals surface area contributed by atoms with Crippen LogP contribution in [0.2, 0.25) is 0 Å². The van der Waals surface area contributed by atoms with Gasteiger partial charge < -0.3 is 15.8 Å². The van der Waals surface area contributed by atoms with Crippen molar-refractivity contribution in [3.8, 4) is 0 Å². The average Bonchev–Trinajstić information content (AvgIpc) is 2.73. The van der Waals surface area contributed by atoms with Gasteiger partial charge in [-0.15, -0.1) is 12.4 Å². The van der Waals surface area contributed by atoms with Crippen molar-refractivity contribution in [3.05, 3.63) is 0 Å². The van der Waals surface area contributed by atoms with Crippen LogP contribution in [0.5, 0.6) is 0 Å².